The van der Waals surface area contributed by atoms with Crippen molar-refractivity contribution in [2.45, 2.75) is 70.9 Å². The Hall–Kier alpha value is -0.570. The van der Waals surface area contributed by atoms with Crippen molar-refractivity contribution < 1.29 is 4.79 Å². The zero-order chi connectivity index (χ0) is 13.0. The van der Waals surface area contributed by atoms with Gasteiger partial charge in [-0.1, -0.05) is 19.8 Å². The molecule has 1 heterocycles. The summed E-state index contributed by atoms with van der Waals surface area (Å²) in [6, 6.07) is 0.552. The average Bonchev–Trinajstić information content (AvgIpc) is 2.39. The van der Waals surface area contributed by atoms with E-state index in [0.29, 0.717) is 11.9 Å². The van der Waals surface area contributed by atoms with Gasteiger partial charge in [0.1, 0.15) is 0 Å². The first-order valence-corrected chi connectivity index (χ1v) is 7.71. The lowest BCUT2D eigenvalue weighted by molar-refractivity contribution is -0.134. The van der Waals surface area contributed by atoms with Gasteiger partial charge in [-0.2, -0.15) is 0 Å². The first-order chi connectivity index (χ1) is 8.66. The van der Waals surface area contributed by atoms with E-state index in [1.165, 1.54) is 44.9 Å². The second-order valence-corrected chi connectivity index (χ2v) is 6.24. The molecule has 2 aliphatic rings. The molecule has 0 radical (unpaired) electrons. The van der Waals surface area contributed by atoms with Crippen molar-refractivity contribution in [1.82, 2.24) is 10.2 Å². The molecule has 2 fully saturated rings. The molecule has 1 saturated carbocycles. The first-order valence-electron chi connectivity index (χ1n) is 7.71. The van der Waals surface area contributed by atoms with Crippen LogP contribution in [0.25, 0.3) is 0 Å². The summed E-state index contributed by atoms with van der Waals surface area (Å²) < 4.78 is 0. The number of hydrogen-bond donors (Lipinski definition) is 1. The number of nitrogens with zero attached hydrogens (tertiary/aromatic N) is 1. The highest BCUT2D eigenvalue weighted by atomic mass is 16.2. The average molecular weight is 252 g/mol. The van der Waals surface area contributed by atoms with Gasteiger partial charge in [0.05, 0.1) is 6.04 Å². The van der Waals surface area contributed by atoms with Crippen molar-refractivity contribution in [2.24, 2.45) is 5.92 Å². The van der Waals surface area contributed by atoms with Gasteiger partial charge in [0.2, 0.25) is 5.91 Å². The Bertz CT molecular complexity index is 274. The second kappa shape index (κ2) is 6.55. The number of nitrogens with one attached hydrogen (secondary N) is 1. The normalized spacial score (nSPS) is 31.1. The van der Waals surface area contributed by atoms with Crippen molar-refractivity contribution in [1.29, 1.82) is 0 Å². The lowest BCUT2D eigenvalue weighted by atomic mass is 9.87. The van der Waals surface area contributed by atoms with E-state index in [4.69, 9.17) is 0 Å². The molecule has 0 spiro atoms. The maximum atomic E-state index is 12.3. The molecule has 0 aromatic rings. The van der Waals surface area contributed by atoms with Gasteiger partial charge in [-0.05, 0) is 44.9 Å². The molecule has 0 aromatic carbocycles. The summed E-state index contributed by atoms with van der Waals surface area (Å²) in [5.74, 6) is 1.13. The number of carbonyl (C=O) groups is 1. The summed E-state index contributed by atoms with van der Waals surface area (Å²) in [7, 11) is 0. The smallest absolute Gasteiger partial charge is 0.239 e. The molecular formula is C15H28N2O. The van der Waals surface area contributed by atoms with Crippen LogP contribution in [-0.4, -0.2) is 36.0 Å². The molecule has 1 aliphatic heterocycles. The van der Waals surface area contributed by atoms with E-state index in [1.807, 2.05) is 11.8 Å². The summed E-state index contributed by atoms with van der Waals surface area (Å²) in [5, 5.41) is 3.56. The Labute approximate surface area is 111 Å². The molecule has 18 heavy (non-hydrogen) atoms. The molecule has 2 rings (SSSR count). The minimum Gasteiger partial charge on any atom is -0.341 e. The lowest BCUT2D eigenvalue weighted by Gasteiger charge is -2.33. The van der Waals surface area contributed by atoms with Gasteiger partial charge in [-0.3, -0.25) is 4.79 Å². The Morgan fingerprint density at radius 2 is 1.89 bits per heavy atom. The third kappa shape index (κ3) is 3.71. The van der Waals surface area contributed by atoms with Crippen LogP contribution in [-0.2, 0) is 4.79 Å². The van der Waals surface area contributed by atoms with E-state index in [9.17, 15) is 4.79 Å². The summed E-state index contributed by atoms with van der Waals surface area (Å²) in [4.78, 5) is 14.4. The highest BCUT2D eigenvalue weighted by molar-refractivity contribution is 5.81. The fourth-order valence-electron chi connectivity index (χ4n) is 3.40. The van der Waals surface area contributed by atoms with E-state index < -0.39 is 0 Å². The number of piperidine rings is 1. The minimum atomic E-state index is -0.00148. The van der Waals surface area contributed by atoms with Crippen LogP contribution in [0.4, 0.5) is 0 Å². The van der Waals surface area contributed by atoms with Crippen molar-refractivity contribution in [2.75, 3.05) is 13.1 Å². The molecule has 0 bridgehead atoms. The number of hydrogen-bond acceptors (Lipinski definition) is 2. The quantitative estimate of drug-likeness (QED) is 0.837. The molecule has 1 aliphatic carbocycles. The molecule has 0 aromatic heterocycles. The summed E-state index contributed by atoms with van der Waals surface area (Å²) >= 11 is 0. The first kappa shape index (κ1) is 13.9. The van der Waals surface area contributed by atoms with Crippen molar-refractivity contribution >= 4 is 5.91 Å². The SMILES string of the molecule is CC1CCCC(NC(C)C(=O)N2CCCCC2)C1. The van der Waals surface area contributed by atoms with Crippen LogP contribution >= 0.6 is 0 Å². The molecule has 3 nitrogen and oxygen atoms in total. The largest absolute Gasteiger partial charge is 0.341 e. The number of rotatable bonds is 3. The van der Waals surface area contributed by atoms with Crippen molar-refractivity contribution in [3.8, 4) is 0 Å². The highest BCUT2D eigenvalue weighted by Gasteiger charge is 2.26. The van der Waals surface area contributed by atoms with E-state index in [2.05, 4.69) is 12.2 Å². The standard InChI is InChI=1S/C15H28N2O/c1-12-7-6-8-14(11-12)16-13(2)15(18)17-9-4-3-5-10-17/h12-14,16H,3-11H2,1-2H3. The van der Waals surface area contributed by atoms with Gasteiger partial charge in [-0.15, -0.1) is 0 Å². The summed E-state index contributed by atoms with van der Waals surface area (Å²) in [5.41, 5.74) is 0. The molecule has 3 heteroatoms. The van der Waals surface area contributed by atoms with Crippen molar-refractivity contribution in [3.05, 3.63) is 0 Å². The van der Waals surface area contributed by atoms with E-state index >= 15 is 0 Å². The zero-order valence-corrected chi connectivity index (χ0v) is 12.0. The molecule has 1 amide bonds. The Morgan fingerprint density at radius 1 is 1.17 bits per heavy atom. The van der Waals surface area contributed by atoms with Gasteiger partial charge >= 0.3 is 0 Å². The fourth-order valence-corrected chi connectivity index (χ4v) is 3.40. The van der Waals surface area contributed by atoms with Crippen LogP contribution in [0.3, 0.4) is 0 Å². The van der Waals surface area contributed by atoms with Gasteiger partial charge in [0, 0.05) is 19.1 Å². The van der Waals surface area contributed by atoms with Gasteiger partial charge in [0.25, 0.3) is 0 Å². The number of carbonyl (C=O) groups excluding carboxylic acids is 1. The maximum absolute atomic E-state index is 12.3. The maximum Gasteiger partial charge on any atom is 0.239 e. The minimum absolute atomic E-state index is 0.00148. The summed E-state index contributed by atoms with van der Waals surface area (Å²) in [6.07, 6.45) is 8.78. The van der Waals surface area contributed by atoms with Gasteiger partial charge in [0.15, 0.2) is 0 Å². The molecule has 3 atom stereocenters. The predicted molar refractivity (Wildman–Crippen MR) is 74.4 cm³/mol. The number of amides is 1. The predicted octanol–water partition coefficient (Wildman–Crippen LogP) is 2.56. The Balaban J connectivity index is 1.79. The topological polar surface area (TPSA) is 32.3 Å². The lowest BCUT2D eigenvalue weighted by Crippen LogP contribution is -2.50. The van der Waals surface area contributed by atoms with Crippen LogP contribution in [0.2, 0.25) is 0 Å². The third-order valence-corrected chi connectivity index (χ3v) is 4.46. The van der Waals surface area contributed by atoms with E-state index in [-0.39, 0.29) is 6.04 Å². The molecular weight excluding hydrogens is 224 g/mol. The molecule has 3 unspecified atom stereocenters. The van der Waals surface area contributed by atoms with Crippen LogP contribution in [0.15, 0.2) is 0 Å². The molecule has 104 valence electrons. The van der Waals surface area contributed by atoms with Gasteiger partial charge in [-0.25, -0.2) is 0 Å². The molecule has 1 saturated heterocycles. The Kier molecular flexibility index (Phi) is 5.04. The van der Waals surface area contributed by atoms with Gasteiger partial charge < -0.3 is 10.2 Å². The summed E-state index contributed by atoms with van der Waals surface area (Å²) in [6.45, 7) is 6.29. The van der Waals surface area contributed by atoms with Crippen molar-refractivity contribution in [3.63, 3.8) is 0 Å². The second-order valence-electron chi connectivity index (χ2n) is 6.24. The third-order valence-electron chi connectivity index (χ3n) is 4.46. The Morgan fingerprint density at radius 3 is 2.56 bits per heavy atom. The number of likely N-dealkylation sites (tertiary alicyclic amines) is 1. The zero-order valence-electron chi connectivity index (χ0n) is 12.0. The highest BCUT2D eigenvalue weighted by Crippen LogP contribution is 2.24. The van der Waals surface area contributed by atoms with Crippen LogP contribution in [0.5, 0.6) is 0 Å². The van der Waals surface area contributed by atoms with Crippen LogP contribution in [0, 0.1) is 5.92 Å². The monoisotopic (exact) mass is 252 g/mol. The fraction of sp³-hybridized carbons (Fsp3) is 0.933. The van der Waals surface area contributed by atoms with Crippen LogP contribution < -0.4 is 5.32 Å². The van der Waals surface area contributed by atoms with E-state index in [1.54, 1.807) is 0 Å². The molecule has 1 N–H and O–H groups in total. The van der Waals surface area contributed by atoms with Crippen LogP contribution in [0.1, 0.15) is 58.8 Å². The van der Waals surface area contributed by atoms with E-state index in [0.717, 1.165) is 19.0 Å².